The topological polar surface area (TPSA) is 3.24 Å². The summed E-state index contributed by atoms with van der Waals surface area (Å²) in [6, 6.07) is 19.6. The van der Waals surface area contributed by atoms with Crippen molar-refractivity contribution in [2.45, 2.75) is 6.04 Å². The van der Waals surface area contributed by atoms with Crippen LogP contribution in [0.25, 0.3) is 11.1 Å². The average molecular weight is 247 g/mol. The van der Waals surface area contributed by atoms with Gasteiger partial charge < -0.3 is 4.90 Å². The van der Waals surface area contributed by atoms with E-state index >= 15 is 0 Å². The summed E-state index contributed by atoms with van der Waals surface area (Å²) in [5, 5.41) is 0. The lowest BCUT2D eigenvalue weighted by Gasteiger charge is -2.26. The fourth-order valence-corrected chi connectivity index (χ4v) is 2.46. The maximum absolute atomic E-state index is 2.28. The molecule has 0 bridgehead atoms. The first-order chi connectivity index (χ1) is 9.34. The Morgan fingerprint density at radius 2 is 1.63 bits per heavy atom. The van der Waals surface area contributed by atoms with E-state index in [-0.39, 0.29) is 0 Å². The molecule has 1 nitrogen and oxygen atoms in total. The van der Waals surface area contributed by atoms with Gasteiger partial charge in [-0.1, -0.05) is 60.7 Å². The van der Waals surface area contributed by atoms with Gasteiger partial charge in [-0.15, -0.1) is 0 Å². The van der Waals surface area contributed by atoms with Crippen LogP contribution in [0.5, 0.6) is 0 Å². The Hall–Kier alpha value is -2.28. The lowest BCUT2D eigenvalue weighted by atomic mass is 9.98. The van der Waals surface area contributed by atoms with Crippen LogP contribution in [0, 0.1) is 0 Å². The third kappa shape index (κ3) is 2.45. The second kappa shape index (κ2) is 5.15. The van der Waals surface area contributed by atoms with Crippen LogP contribution in [0.3, 0.4) is 0 Å². The van der Waals surface area contributed by atoms with Gasteiger partial charge in [0.25, 0.3) is 0 Å². The molecule has 0 fully saturated rings. The highest BCUT2D eigenvalue weighted by atomic mass is 15.1. The summed E-state index contributed by atoms with van der Waals surface area (Å²) in [4.78, 5) is 2.23. The van der Waals surface area contributed by atoms with Gasteiger partial charge in [-0.25, -0.2) is 0 Å². The molecule has 3 rings (SSSR count). The van der Waals surface area contributed by atoms with E-state index in [9.17, 15) is 0 Å². The number of likely N-dealkylation sites (N-methyl/N-ethyl adjacent to an activating group) is 1. The summed E-state index contributed by atoms with van der Waals surface area (Å²) in [6.45, 7) is 0. The number of hydrogen-bond donors (Lipinski definition) is 0. The van der Waals surface area contributed by atoms with E-state index in [0.29, 0.717) is 6.04 Å². The van der Waals surface area contributed by atoms with Crippen molar-refractivity contribution in [1.29, 1.82) is 0 Å². The maximum atomic E-state index is 2.28. The van der Waals surface area contributed by atoms with Gasteiger partial charge in [-0.3, -0.25) is 0 Å². The first-order valence-corrected chi connectivity index (χ1v) is 6.57. The number of nitrogens with zero attached hydrogens (tertiary/aromatic N) is 1. The Morgan fingerprint density at radius 1 is 0.842 bits per heavy atom. The summed E-state index contributed by atoms with van der Waals surface area (Å²) in [7, 11) is 2.11. The van der Waals surface area contributed by atoms with Crippen molar-refractivity contribution >= 4 is 0 Å². The molecule has 1 heteroatoms. The molecule has 0 saturated heterocycles. The molecule has 0 aliphatic carbocycles. The molecule has 0 amide bonds. The molecule has 0 aromatic heterocycles. The third-order valence-electron chi connectivity index (χ3n) is 3.50. The Balaban J connectivity index is 1.97. The Bertz CT molecular complexity index is 611. The van der Waals surface area contributed by atoms with Crippen molar-refractivity contribution in [2.24, 2.45) is 0 Å². The third-order valence-corrected chi connectivity index (χ3v) is 3.50. The fourth-order valence-electron chi connectivity index (χ4n) is 2.46. The molecule has 1 heterocycles. The van der Waals surface area contributed by atoms with Crippen LogP contribution in [0.4, 0.5) is 0 Å². The minimum absolute atomic E-state index is 0.327. The van der Waals surface area contributed by atoms with Crippen molar-refractivity contribution in [3.05, 3.63) is 84.6 Å². The minimum Gasteiger partial charge on any atom is -0.370 e. The van der Waals surface area contributed by atoms with E-state index in [1.165, 1.54) is 16.7 Å². The average Bonchev–Trinajstić information content (AvgIpc) is 2.49. The van der Waals surface area contributed by atoms with Crippen molar-refractivity contribution in [3.63, 3.8) is 0 Å². The molecule has 2 aromatic carbocycles. The molecule has 0 saturated carbocycles. The molecule has 1 atom stereocenters. The standard InChI is InChI=1S/C18H17N/c1-19-13-6-5-12-18(19)17-11-7-10-16(14-17)15-8-3-2-4-9-15/h2-14,18H,1H3. The second-order valence-corrected chi connectivity index (χ2v) is 4.83. The first kappa shape index (κ1) is 11.8. The van der Waals surface area contributed by atoms with Crippen LogP contribution in [0.15, 0.2) is 79.0 Å². The molecular weight excluding hydrogens is 230 g/mol. The number of hydrogen-bond acceptors (Lipinski definition) is 1. The summed E-state index contributed by atoms with van der Waals surface area (Å²) >= 11 is 0. The molecule has 0 spiro atoms. The molecule has 1 aliphatic rings. The molecule has 0 N–H and O–H groups in total. The molecule has 0 radical (unpaired) electrons. The monoisotopic (exact) mass is 247 g/mol. The molecule has 1 aliphatic heterocycles. The lowest BCUT2D eigenvalue weighted by Crippen LogP contribution is -2.18. The van der Waals surface area contributed by atoms with Gasteiger partial charge in [-0.2, -0.15) is 0 Å². The highest BCUT2D eigenvalue weighted by Crippen LogP contribution is 2.28. The number of rotatable bonds is 2. The lowest BCUT2D eigenvalue weighted by molar-refractivity contribution is 0.390. The molecular formula is C18H17N. The SMILES string of the molecule is CN1C=CC=CC1c1cccc(-c2ccccc2)c1. The summed E-state index contributed by atoms with van der Waals surface area (Å²) in [5.41, 5.74) is 3.86. The zero-order valence-corrected chi connectivity index (χ0v) is 11.0. The first-order valence-electron chi connectivity index (χ1n) is 6.57. The van der Waals surface area contributed by atoms with Gasteiger partial charge in [0, 0.05) is 7.05 Å². The van der Waals surface area contributed by atoms with Gasteiger partial charge in [0.15, 0.2) is 0 Å². The highest BCUT2D eigenvalue weighted by molar-refractivity contribution is 5.64. The van der Waals surface area contributed by atoms with E-state index in [1.54, 1.807) is 0 Å². The van der Waals surface area contributed by atoms with Crippen LogP contribution >= 0.6 is 0 Å². The van der Waals surface area contributed by atoms with Crippen molar-refractivity contribution < 1.29 is 0 Å². The quantitative estimate of drug-likeness (QED) is 0.759. The van der Waals surface area contributed by atoms with E-state index in [1.807, 2.05) is 0 Å². The Labute approximate surface area is 114 Å². The van der Waals surface area contributed by atoms with E-state index < -0.39 is 0 Å². The predicted octanol–water partition coefficient (Wildman–Crippen LogP) is 4.41. The summed E-state index contributed by atoms with van der Waals surface area (Å²) in [5.74, 6) is 0. The number of allylic oxidation sites excluding steroid dienone is 2. The van der Waals surface area contributed by atoms with Crippen LogP contribution in [0.2, 0.25) is 0 Å². The zero-order valence-electron chi connectivity index (χ0n) is 11.0. The predicted molar refractivity (Wildman–Crippen MR) is 80.7 cm³/mol. The van der Waals surface area contributed by atoms with E-state index in [4.69, 9.17) is 0 Å². The number of benzene rings is 2. The van der Waals surface area contributed by atoms with E-state index in [2.05, 4.69) is 91.0 Å². The van der Waals surface area contributed by atoms with Crippen molar-refractivity contribution in [2.75, 3.05) is 7.05 Å². The van der Waals surface area contributed by atoms with Crippen LogP contribution < -0.4 is 0 Å². The van der Waals surface area contributed by atoms with Gasteiger partial charge in [0.05, 0.1) is 6.04 Å². The molecule has 19 heavy (non-hydrogen) atoms. The van der Waals surface area contributed by atoms with Gasteiger partial charge in [0.2, 0.25) is 0 Å². The highest BCUT2D eigenvalue weighted by Gasteiger charge is 2.13. The zero-order chi connectivity index (χ0) is 13.1. The van der Waals surface area contributed by atoms with Gasteiger partial charge >= 0.3 is 0 Å². The van der Waals surface area contributed by atoms with Gasteiger partial charge in [0.1, 0.15) is 0 Å². The van der Waals surface area contributed by atoms with Crippen LogP contribution in [-0.4, -0.2) is 11.9 Å². The van der Waals surface area contributed by atoms with Crippen LogP contribution in [-0.2, 0) is 0 Å². The van der Waals surface area contributed by atoms with E-state index in [0.717, 1.165) is 0 Å². The summed E-state index contributed by atoms with van der Waals surface area (Å²) < 4.78 is 0. The molecule has 2 aromatic rings. The molecule has 1 unspecified atom stereocenters. The van der Waals surface area contributed by atoms with Crippen LogP contribution in [0.1, 0.15) is 11.6 Å². The maximum Gasteiger partial charge on any atom is 0.0721 e. The molecule has 94 valence electrons. The Morgan fingerprint density at radius 3 is 2.42 bits per heavy atom. The largest absolute Gasteiger partial charge is 0.370 e. The minimum atomic E-state index is 0.327. The van der Waals surface area contributed by atoms with Gasteiger partial charge in [-0.05, 0) is 35.0 Å². The Kier molecular flexibility index (Phi) is 3.20. The van der Waals surface area contributed by atoms with Crippen molar-refractivity contribution in [3.8, 4) is 11.1 Å². The smallest absolute Gasteiger partial charge is 0.0721 e. The van der Waals surface area contributed by atoms with Crippen molar-refractivity contribution in [1.82, 2.24) is 4.90 Å². The second-order valence-electron chi connectivity index (χ2n) is 4.83. The summed E-state index contributed by atoms with van der Waals surface area (Å²) in [6.07, 6.45) is 8.52. The normalized spacial score (nSPS) is 17.7. The fraction of sp³-hybridized carbons (Fsp3) is 0.111.